The van der Waals surface area contributed by atoms with Gasteiger partial charge in [-0.25, -0.2) is 9.18 Å². The van der Waals surface area contributed by atoms with Gasteiger partial charge in [0, 0.05) is 6.54 Å². The van der Waals surface area contributed by atoms with Crippen LogP contribution in [0.4, 0.5) is 4.39 Å². The average Bonchev–Trinajstić information content (AvgIpc) is 2.67. The Labute approximate surface area is 164 Å². The van der Waals surface area contributed by atoms with Gasteiger partial charge in [-0.2, -0.15) is 0 Å². The van der Waals surface area contributed by atoms with E-state index in [9.17, 15) is 14.0 Å². The standard InChI is InChI=1S/C19H19BrFNO5/c1-25-15-9-13(10-16(26-2)18(15)20)19(24)27-11-17(23)22-8-7-12-3-5-14(21)6-4-12/h3-6,9-10H,7-8,11H2,1-2H3,(H,22,23). The molecule has 144 valence electrons. The minimum atomic E-state index is -0.673. The lowest BCUT2D eigenvalue weighted by atomic mass is 10.1. The van der Waals surface area contributed by atoms with E-state index in [4.69, 9.17) is 14.2 Å². The van der Waals surface area contributed by atoms with Crippen LogP contribution >= 0.6 is 15.9 Å². The number of esters is 1. The van der Waals surface area contributed by atoms with Crippen LogP contribution < -0.4 is 14.8 Å². The predicted molar refractivity (Wildman–Crippen MR) is 101 cm³/mol. The number of ether oxygens (including phenoxy) is 3. The fourth-order valence-electron chi connectivity index (χ4n) is 2.25. The maximum atomic E-state index is 12.8. The number of carbonyl (C=O) groups is 2. The van der Waals surface area contributed by atoms with Crippen molar-refractivity contribution in [3.63, 3.8) is 0 Å². The van der Waals surface area contributed by atoms with Gasteiger partial charge in [0.25, 0.3) is 5.91 Å². The average molecular weight is 440 g/mol. The Morgan fingerprint density at radius 1 is 1.07 bits per heavy atom. The number of rotatable bonds is 8. The molecule has 0 unspecified atom stereocenters. The van der Waals surface area contributed by atoms with Gasteiger partial charge in [-0.3, -0.25) is 4.79 Å². The van der Waals surface area contributed by atoms with E-state index in [1.165, 1.54) is 38.5 Å². The zero-order valence-corrected chi connectivity index (χ0v) is 16.5. The molecule has 6 nitrogen and oxygen atoms in total. The highest BCUT2D eigenvalue weighted by Gasteiger charge is 2.16. The second kappa shape index (κ2) is 9.91. The summed E-state index contributed by atoms with van der Waals surface area (Å²) in [5.74, 6) is -0.597. The predicted octanol–water partition coefficient (Wildman–Crippen LogP) is 3.12. The summed E-state index contributed by atoms with van der Waals surface area (Å²) in [5, 5.41) is 2.64. The van der Waals surface area contributed by atoms with E-state index in [0.717, 1.165) is 5.56 Å². The molecule has 1 N–H and O–H groups in total. The molecule has 0 fully saturated rings. The lowest BCUT2D eigenvalue weighted by molar-refractivity contribution is -0.124. The minimum Gasteiger partial charge on any atom is -0.495 e. The van der Waals surface area contributed by atoms with Crippen LogP contribution in [0.25, 0.3) is 0 Å². The molecular formula is C19H19BrFNO5. The first-order valence-electron chi connectivity index (χ1n) is 8.04. The van der Waals surface area contributed by atoms with Crippen molar-refractivity contribution in [2.24, 2.45) is 0 Å². The zero-order valence-electron chi connectivity index (χ0n) is 14.9. The van der Waals surface area contributed by atoms with Crippen LogP contribution in [0.2, 0.25) is 0 Å². The van der Waals surface area contributed by atoms with E-state index < -0.39 is 18.5 Å². The third kappa shape index (κ3) is 5.96. The summed E-state index contributed by atoms with van der Waals surface area (Å²) in [7, 11) is 2.92. The molecule has 0 aliphatic carbocycles. The largest absolute Gasteiger partial charge is 0.495 e. The highest BCUT2D eigenvalue weighted by Crippen LogP contribution is 2.35. The highest BCUT2D eigenvalue weighted by molar-refractivity contribution is 9.10. The molecule has 0 saturated carbocycles. The van der Waals surface area contributed by atoms with Gasteiger partial charge in [-0.05, 0) is 52.2 Å². The second-order valence-electron chi connectivity index (χ2n) is 5.50. The number of methoxy groups -OCH3 is 2. The number of halogens is 2. The van der Waals surface area contributed by atoms with E-state index in [1.54, 1.807) is 12.1 Å². The van der Waals surface area contributed by atoms with Gasteiger partial charge >= 0.3 is 5.97 Å². The molecule has 0 spiro atoms. The molecule has 2 rings (SSSR count). The maximum absolute atomic E-state index is 12.8. The Morgan fingerprint density at radius 3 is 2.22 bits per heavy atom. The fraction of sp³-hybridized carbons (Fsp3) is 0.263. The smallest absolute Gasteiger partial charge is 0.338 e. The molecule has 0 bridgehead atoms. The highest BCUT2D eigenvalue weighted by atomic mass is 79.9. The quantitative estimate of drug-likeness (QED) is 0.639. The van der Waals surface area contributed by atoms with Crippen molar-refractivity contribution in [2.45, 2.75) is 6.42 Å². The van der Waals surface area contributed by atoms with Crippen LogP contribution in [0.3, 0.4) is 0 Å². The molecule has 0 aromatic heterocycles. The van der Waals surface area contributed by atoms with Gasteiger partial charge in [0.2, 0.25) is 0 Å². The molecule has 8 heteroatoms. The summed E-state index contributed by atoms with van der Waals surface area (Å²) >= 11 is 3.31. The van der Waals surface area contributed by atoms with Crippen LogP contribution in [0.5, 0.6) is 11.5 Å². The topological polar surface area (TPSA) is 73.9 Å². The molecule has 2 aromatic carbocycles. The Morgan fingerprint density at radius 2 is 1.67 bits per heavy atom. The summed E-state index contributed by atoms with van der Waals surface area (Å²) in [6, 6.07) is 8.99. The summed E-state index contributed by atoms with van der Waals surface area (Å²) in [6.07, 6.45) is 0.543. The molecule has 0 saturated heterocycles. The maximum Gasteiger partial charge on any atom is 0.338 e. The molecule has 0 heterocycles. The van der Waals surface area contributed by atoms with Crippen LogP contribution in [-0.4, -0.2) is 39.2 Å². The first kappa shape index (κ1) is 20.7. The van der Waals surface area contributed by atoms with Crippen LogP contribution in [0.15, 0.2) is 40.9 Å². The molecular weight excluding hydrogens is 421 g/mol. The molecule has 1 amide bonds. The SMILES string of the molecule is COc1cc(C(=O)OCC(=O)NCCc2ccc(F)cc2)cc(OC)c1Br. The van der Waals surface area contributed by atoms with Crippen molar-refractivity contribution in [3.8, 4) is 11.5 Å². The number of hydrogen-bond donors (Lipinski definition) is 1. The van der Waals surface area contributed by atoms with Gasteiger partial charge in [-0.1, -0.05) is 12.1 Å². The van der Waals surface area contributed by atoms with Crippen molar-refractivity contribution < 1.29 is 28.2 Å². The van der Waals surface area contributed by atoms with Crippen LogP contribution in [-0.2, 0) is 16.0 Å². The molecule has 0 atom stereocenters. The van der Waals surface area contributed by atoms with E-state index >= 15 is 0 Å². The fourth-order valence-corrected chi connectivity index (χ4v) is 2.80. The van der Waals surface area contributed by atoms with Crippen LogP contribution in [0.1, 0.15) is 15.9 Å². The number of nitrogens with one attached hydrogen (secondary N) is 1. The van der Waals surface area contributed by atoms with E-state index in [0.29, 0.717) is 28.9 Å². The van der Waals surface area contributed by atoms with Crippen molar-refractivity contribution in [1.82, 2.24) is 5.32 Å². The molecule has 27 heavy (non-hydrogen) atoms. The third-order valence-corrected chi connectivity index (χ3v) is 4.45. The number of benzene rings is 2. The Kier molecular flexibility index (Phi) is 7.60. The van der Waals surface area contributed by atoms with Crippen LogP contribution in [0, 0.1) is 5.82 Å². The normalized spacial score (nSPS) is 10.2. The second-order valence-corrected chi connectivity index (χ2v) is 6.29. The number of amides is 1. The van der Waals surface area contributed by atoms with E-state index in [2.05, 4.69) is 21.2 Å². The monoisotopic (exact) mass is 439 g/mol. The Balaban J connectivity index is 1.84. The zero-order chi connectivity index (χ0) is 19.8. The van der Waals surface area contributed by atoms with Crippen molar-refractivity contribution in [2.75, 3.05) is 27.4 Å². The summed E-state index contributed by atoms with van der Waals surface area (Å²) in [4.78, 5) is 24.0. The van der Waals surface area contributed by atoms with Crippen molar-refractivity contribution in [3.05, 3.63) is 57.8 Å². The molecule has 0 radical (unpaired) electrons. The van der Waals surface area contributed by atoms with E-state index in [-0.39, 0.29) is 11.4 Å². The molecule has 0 aliphatic rings. The van der Waals surface area contributed by atoms with Gasteiger partial charge in [0.1, 0.15) is 21.8 Å². The summed E-state index contributed by atoms with van der Waals surface area (Å²) < 4.78 is 28.8. The third-order valence-electron chi connectivity index (χ3n) is 3.66. The number of hydrogen-bond acceptors (Lipinski definition) is 5. The molecule has 2 aromatic rings. The van der Waals surface area contributed by atoms with Gasteiger partial charge in [-0.15, -0.1) is 0 Å². The first-order chi connectivity index (χ1) is 12.9. The van der Waals surface area contributed by atoms with Gasteiger partial charge in [0.15, 0.2) is 6.61 Å². The summed E-state index contributed by atoms with van der Waals surface area (Å²) in [5.41, 5.74) is 1.09. The Hall–Kier alpha value is -2.61. The molecule has 0 aliphatic heterocycles. The summed E-state index contributed by atoms with van der Waals surface area (Å²) in [6.45, 7) is -0.0646. The minimum absolute atomic E-state index is 0.200. The Bertz CT molecular complexity index is 785. The van der Waals surface area contributed by atoms with E-state index in [1.807, 2.05) is 0 Å². The lowest BCUT2D eigenvalue weighted by Gasteiger charge is -2.11. The van der Waals surface area contributed by atoms with Crippen molar-refractivity contribution in [1.29, 1.82) is 0 Å². The lowest BCUT2D eigenvalue weighted by Crippen LogP contribution is -2.30. The van der Waals surface area contributed by atoms with Gasteiger partial charge < -0.3 is 19.5 Å². The van der Waals surface area contributed by atoms with Crippen molar-refractivity contribution >= 4 is 27.8 Å². The van der Waals surface area contributed by atoms with Gasteiger partial charge in [0.05, 0.1) is 19.8 Å². The first-order valence-corrected chi connectivity index (χ1v) is 8.83. The number of carbonyl (C=O) groups excluding carboxylic acids is 2.